The molecule has 0 saturated heterocycles. The number of aromatic nitrogens is 2. The van der Waals surface area contributed by atoms with Gasteiger partial charge in [-0.3, -0.25) is 4.79 Å². The zero-order chi connectivity index (χ0) is 15.5. The molecule has 0 fully saturated rings. The van der Waals surface area contributed by atoms with Crippen LogP contribution >= 0.6 is 0 Å². The van der Waals surface area contributed by atoms with Crippen molar-refractivity contribution in [3.63, 3.8) is 0 Å². The summed E-state index contributed by atoms with van der Waals surface area (Å²) in [6, 6.07) is 12.3. The predicted octanol–water partition coefficient (Wildman–Crippen LogP) is 2.81. The highest BCUT2D eigenvalue weighted by molar-refractivity contribution is 5.79. The number of H-pyrrole nitrogens is 1. The second kappa shape index (κ2) is 5.73. The molecule has 5 heteroatoms. The lowest BCUT2D eigenvalue weighted by Crippen LogP contribution is -2.09. The number of hydrogen-bond donors (Lipinski definition) is 2. The fourth-order valence-electron chi connectivity index (χ4n) is 2.19. The third-order valence-electron chi connectivity index (χ3n) is 3.30. The SMILES string of the molecule is COc1cccc(C=Cc2nc3ccccc3c(=O)[nH]2)c1O. The number of rotatable bonds is 3. The molecule has 0 spiro atoms. The Hall–Kier alpha value is -3.08. The lowest BCUT2D eigenvalue weighted by atomic mass is 10.1. The molecule has 5 nitrogen and oxygen atoms in total. The first-order valence-corrected chi connectivity index (χ1v) is 6.72. The molecule has 3 rings (SSSR count). The Bertz CT molecular complexity index is 913. The van der Waals surface area contributed by atoms with Gasteiger partial charge in [0.05, 0.1) is 18.0 Å². The van der Waals surface area contributed by atoms with Gasteiger partial charge in [0.1, 0.15) is 5.82 Å². The summed E-state index contributed by atoms with van der Waals surface area (Å²) in [5.41, 5.74) is 1.01. The lowest BCUT2D eigenvalue weighted by molar-refractivity contribution is 0.373. The maximum atomic E-state index is 12.0. The minimum Gasteiger partial charge on any atom is -0.504 e. The van der Waals surface area contributed by atoms with Gasteiger partial charge in [-0.25, -0.2) is 4.98 Å². The monoisotopic (exact) mass is 294 g/mol. The van der Waals surface area contributed by atoms with E-state index in [0.717, 1.165) is 0 Å². The summed E-state index contributed by atoms with van der Waals surface area (Å²) < 4.78 is 5.06. The summed E-state index contributed by atoms with van der Waals surface area (Å²) in [4.78, 5) is 19.0. The van der Waals surface area contributed by atoms with E-state index < -0.39 is 0 Å². The normalized spacial score (nSPS) is 11.1. The zero-order valence-corrected chi connectivity index (χ0v) is 11.9. The number of benzene rings is 2. The minimum absolute atomic E-state index is 0.0457. The van der Waals surface area contributed by atoms with Gasteiger partial charge in [0.15, 0.2) is 11.5 Å². The summed E-state index contributed by atoms with van der Waals surface area (Å²) in [7, 11) is 1.49. The first-order chi connectivity index (χ1) is 10.7. The molecule has 110 valence electrons. The van der Waals surface area contributed by atoms with Crippen molar-refractivity contribution in [2.24, 2.45) is 0 Å². The van der Waals surface area contributed by atoms with Crippen LogP contribution in [-0.4, -0.2) is 22.2 Å². The smallest absolute Gasteiger partial charge is 0.259 e. The summed E-state index contributed by atoms with van der Waals surface area (Å²) >= 11 is 0. The van der Waals surface area contributed by atoms with E-state index in [1.54, 1.807) is 48.6 Å². The molecule has 0 aliphatic carbocycles. The minimum atomic E-state index is -0.194. The highest BCUT2D eigenvalue weighted by atomic mass is 16.5. The quantitative estimate of drug-likeness (QED) is 0.779. The molecule has 0 saturated carbocycles. The number of nitrogens with one attached hydrogen (secondary N) is 1. The zero-order valence-electron chi connectivity index (χ0n) is 11.9. The predicted molar refractivity (Wildman–Crippen MR) is 86.0 cm³/mol. The fourth-order valence-corrected chi connectivity index (χ4v) is 2.19. The van der Waals surface area contributed by atoms with Crippen molar-refractivity contribution in [3.05, 3.63) is 64.2 Å². The Balaban J connectivity index is 2.01. The van der Waals surface area contributed by atoms with Crippen molar-refractivity contribution in [2.45, 2.75) is 0 Å². The molecule has 0 radical (unpaired) electrons. The number of phenolic OH excluding ortho intramolecular Hbond substituents is 1. The molecule has 1 heterocycles. The van der Waals surface area contributed by atoms with E-state index in [-0.39, 0.29) is 11.3 Å². The van der Waals surface area contributed by atoms with Gasteiger partial charge in [-0.2, -0.15) is 0 Å². The van der Waals surface area contributed by atoms with E-state index in [1.165, 1.54) is 7.11 Å². The number of fused-ring (bicyclic) bond motifs is 1. The van der Waals surface area contributed by atoms with Gasteiger partial charge in [0.2, 0.25) is 0 Å². The Morgan fingerprint density at radius 3 is 2.77 bits per heavy atom. The molecule has 0 aliphatic rings. The van der Waals surface area contributed by atoms with Crippen molar-refractivity contribution in [2.75, 3.05) is 7.11 Å². The third-order valence-corrected chi connectivity index (χ3v) is 3.30. The number of aromatic hydroxyl groups is 1. The molecular formula is C17H14N2O3. The summed E-state index contributed by atoms with van der Waals surface area (Å²) in [6.45, 7) is 0. The van der Waals surface area contributed by atoms with Crippen LogP contribution in [0.3, 0.4) is 0 Å². The second-order valence-electron chi connectivity index (χ2n) is 4.70. The molecule has 3 aromatic rings. The van der Waals surface area contributed by atoms with Gasteiger partial charge >= 0.3 is 0 Å². The van der Waals surface area contributed by atoms with Gasteiger partial charge < -0.3 is 14.8 Å². The van der Waals surface area contributed by atoms with Crippen LogP contribution < -0.4 is 10.3 Å². The van der Waals surface area contributed by atoms with Crippen LogP contribution in [0.25, 0.3) is 23.1 Å². The number of phenols is 1. The molecule has 2 aromatic carbocycles. The Labute approximate surface area is 126 Å². The van der Waals surface area contributed by atoms with Crippen LogP contribution in [0.2, 0.25) is 0 Å². The number of aromatic amines is 1. The van der Waals surface area contributed by atoms with Crippen LogP contribution in [0.15, 0.2) is 47.3 Å². The second-order valence-corrected chi connectivity index (χ2v) is 4.70. The van der Waals surface area contributed by atoms with Crippen molar-refractivity contribution >= 4 is 23.1 Å². The standard InChI is InChI=1S/C17H14N2O3/c1-22-14-8-4-5-11(16(14)20)9-10-15-18-13-7-3-2-6-12(13)17(21)19-15/h2-10,20H,1H3,(H,18,19,21). The molecule has 0 aliphatic heterocycles. The summed E-state index contributed by atoms with van der Waals surface area (Å²) in [5.74, 6) is 0.859. The molecule has 2 N–H and O–H groups in total. The van der Waals surface area contributed by atoms with Gasteiger partial charge in [-0.1, -0.05) is 24.3 Å². The summed E-state index contributed by atoms with van der Waals surface area (Å²) in [5, 5.41) is 10.6. The Morgan fingerprint density at radius 1 is 1.14 bits per heavy atom. The molecule has 0 bridgehead atoms. The van der Waals surface area contributed by atoms with E-state index in [2.05, 4.69) is 9.97 Å². The highest BCUT2D eigenvalue weighted by Crippen LogP contribution is 2.30. The number of ether oxygens (including phenoxy) is 1. The van der Waals surface area contributed by atoms with Crippen molar-refractivity contribution in [1.29, 1.82) is 0 Å². The Kier molecular flexibility index (Phi) is 3.62. The van der Waals surface area contributed by atoms with Crippen molar-refractivity contribution in [1.82, 2.24) is 9.97 Å². The van der Waals surface area contributed by atoms with Crippen LogP contribution in [0.4, 0.5) is 0 Å². The maximum Gasteiger partial charge on any atom is 0.259 e. The Morgan fingerprint density at radius 2 is 1.95 bits per heavy atom. The molecule has 1 aromatic heterocycles. The number of methoxy groups -OCH3 is 1. The van der Waals surface area contributed by atoms with Crippen LogP contribution in [-0.2, 0) is 0 Å². The molecule has 0 amide bonds. The fraction of sp³-hybridized carbons (Fsp3) is 0.0588. The molecule has 22 heavy (non-hydrogen) atoms. The average Bonchev–Trinajstić information content (AvgIpc) is 2.54. The van der Waals surface area contributed by atoms with Gasteiger partial charge in [0, 0.05) is 5.56 Å². The lowest BCUT2D eigenvalue weighted by Gasteiger charge is -2.05. The van der Waals surface area contributed by atoms with Crippen molar-refractivity contribution in [3.8, 4) is 11.5 Å². The van der Waals surface area contributed by atoms with Crippen LogP contribution in [0, 0.1) is 0 Å². The molecule has 0 unspecified atom stereocenters. The number of para-hydroxylation sites is 2. The van der Waals surface area contributed by atoms with E-state index in [4.69, 9.17) is 4.74 Å². The first kappa shape index (κ1) is 13.9. The maximum absolute atomic E-state index is 12.0. The van der Waals surface area contributed by atoms with Gasteiger partial charge in [-0.15, -0.1) is 0 Å². The van der Waals surface area contributed by atoms with Crippen molar-refractivity contribution < 1.29 is 9.84 Å². The number of nitrogens with zero attached hydrogens (tertiary/aromatic N) is 1. The average molecular weight is 294 g/mol. The van der Waals surface area contributed by atoms with E-state index in [0.29, 0.717) is 28.0 Å². The van der Waals surface area contributed by atoms with Gasteiger partial charge in [-0.05, 0) is 30.4 Å². The largest absolute Gasteiger partial charge is 0.504 e. The third kappa shape index (κ3) is 2.56. The van der Waals surface area contributed by atoms with E-state index >= 15 is 0 Å². The van der Waals surface area contributed by atoms with Gasteiger partial charge in [0.25, 0.3) is 5.56 Å². The van der Waals surface area contributed by atoms with E-state index in [1.807, 2.05) is 6.07 Å². The summed E-state index contributed by atoms with van der Waals surface area (Å²) in [6.07, 6.45) is 3.31. The molecule has 0 atom stereocenters. The first-order valence-electron chi connectivity index (χ1n) is 6.72. The number of hydrogen-bond acceptors (Lipinski definition) is 4. The topological polar surface area (TPSA) is 75.2 Å². The van der Waals surface area contributed by atoms with E-state index in [9.17, 15) is 9.90 Å². The van der Waals surface area contributed by atoms with Crippen LogP contribution in [0.5, 0.6) is 11.5 Å². The molecular weight excluding hydrogens is 280 g/mol. The highest BCUT2D eigenvalue weighted by Gasteiger charge is 2.05. The van der Waals surface area contributed by atoms with Crippen LogP contribution in [0.1, 0.15) is 11.4 Å².